The zero-order chi connectivity index (χ0) is 13.3. The van der Waals surface area contributed by atoms with Gasteiger partial charge in [-0.15, -0.1) is 0 Å². The summed E-state index contributed by atoms with van der Waals surface area (Å²) in [4.78, 5) is 14.4. The van der Waals surface area contributed by atoms with Gasteiger partial charge in [0.25, 0.3) is 0 Å². The molecule has 19 heavy (non-hydrogen) atoms. The summed E-state index contributed by atoms with van der Waals surface area (Å²) in [6.45, 7) is 2.38. The van der Waals surface area contributed by atoms with E-state index in [9.17, 15) is 4.79 Å². The minimum absolute atomic E-state index is 0.0224. The molecular weight excluding hydrogens is 242 g/mol. The fourth-order valence-electron chi connectivity index (χ4n) is 3.51. The predicted molar refractivity (Wildman–Crippen MR) is 71.8 cm³/mol. The lowest BCUT2D eigenvalue weighted by molar-refractivity contribution is -0.139. The number of likely N-dealkylation sites (tertiary alicyclic amines) is 1. The molecule has 0 aromatic carbocycles. The molecule has 0 unspecified atom stereocenters. The summed E-state index contributed by atoms with van der Waals surface area (Å²) in [5, 5.41) is 0. The number of allylic oxidation sites excluding steroid dienone is 2. The Labute approximate surface area is 114 Å². The lowest BCUT2D eigenvalue weighted by Gasteiger charge is -2.39. The highest BCUT2D eigenvalue weighted by Crippen LogP contribution is 2.37. The molecule has 4 heteroatoms. The Morgan fingerprint density at radius 1 is 1.32 bits per heavy atom. The second kappa shape index (κ2) is 5.25. The van der Waals surface area contributed by atoms with Crippen LogP contribution in [0.2, 0.25) is 0 Å². The van der Waals surface area contributed by atoms with Crippen LogP contribution in [0, 0.1) is 5.92 Å². The SMILES string of the molecule is CO[C@@H]1COC2(CCN(C(=O)C3CC=CC3)CC2)C1. The van der Waals surface area contributed by atoms with Gasteiger partial charge in [-0.3, -0.25) is 4.79 Å². The number of ether oxygens (including phenoxy) is 2. The van der Waals surface area contributed by atoms with Crippen molar-refractivity contribution in [1.29, 1.82) is 0 Å². The largest absolute Gasteiger partial charge is 0.379 e. The van der Waals surface area contributed by atoms with Crippen molar-refractivity contribution in [2.75, 3.05) is 26.8 Å². The normalized spacial score (nSPS) is 30.4. The standard InChI is InChI=1S/C15H23NO3/c1-18-13-10-15(19-11-13)6-8-16(9-7-15)14(17)12-4-2-3-5-12/h2-3,12-13H,4-11H2,1H3/t13-/m0/s1. The summed E-state index contributed by atoms with van der Waals surface area (Å²) >= 11 is 0. The number of hydrogen-bond donors (Lipinski definition) is 0. The summed E-state index contributed by atoms with van der Waals surface area (Å²) in [5.41, 5.74) is -0.0224. The third kappa shape index (κ3) is 2.56. The van der Waals surface area contributed by atoms with Crippen LogP contribution in [-0.4, -0.2) is 49.3 Å². The quantitative estimate of drug-likeness (QED) is 0.714. The van der Waals surface area contributed by atoms with E-state index in [0.717, 1.165) is 45.2 Å². The van der Waals surface area contributed by atoms with Gasteiger partial charge in [0, 0.05) is 32.5 Å². The van der Waals surface area contributed by atoms with Crippen LogP contribution in [0.15, 0.2) is 12.2 Å². The first kappa shape index (κ1) is 13.1. The number of hydrogen-bond acceptors (Lipinski definition) is 3. The van der Waals surface area contributed by atoms with E-state index in [1.165, 1.54) is 0 Å². The van der Waals surface area contributed by atoms with Gasteiger partial charge in [-0.05, 0) is 25.7 Å². The van der Waals surface area contributed by atoms with Gasteiger partial charge in [-0.2, -0.15) is 0 Å². The summed E-state index contributed by atoms with van der Waals surface area (Å²) < 4.78 is 11.3. The number of amides is 1. The summed E-state index contributed by atoms with van der Waals surface area (Å²) in [7, 11) is 1.75. The first-order chi connectivity index (χ1) is 9.22. The van der Waals surface area contributed by atoms with Crippen molar-refractivity contribution in [1.82, 2.24) is 4.90 Å². The predicted octanol–water partition coefficient (Wildman–Crippen LogP) is 1.75. The van der Waals surface area contributed by atoms with Crippen molar-refractivity contribution in [3.8, 4) is 0 Å². The zero-order valence-corrected chi connectivity index (χ0v) is 11.6. The highest BCUT2D eigenvalue weighted by molar-refractivity contribution is 5.79. The van der Waals surface area contributed by atoms with Crippen molar-refractivity contribution in [2.24, 2.45) is 5.92 Å². The van der Waals surface area contributed by atoms with Gasteiger partial charge < -0.3 is 14.4 Å². The van der Waals surface area contributed by atoms with Gasteiger partial charge in [0.05, 0.1) is 18.3 Å². The van der Waals surface area contributed by atoms with Crippen molar-refractivity contribution in [3.05, 3.63) is 12.2 Å². The molecule has 0 saturated carbocycles. The summed E-state index contributed by atoms with van der Waals surface area (Å²) in [6, 6.07) is 0. The Balaban J connectivity index is 1.53. The average molecular weight is 265 g/mol. The molecule has 0 radical (unpaired) electrons. The molecule has 1 amide bonds. The molecule has 3 rings (SSSR count). The molecule has 0 aromatic heterocycles. The first-order valence-electron chi connectivity index (χ1n) is 7.33. The van der Waals surface area contributed by atoms with Crippen LogP contribution in [0.1, 0.15) is 32.1 Å². The Kier molecular flexibility index (Phi) is 3.63. The number of methoxy groups -OCH3 is 1. The summed E-state index contributed by atoms with van der Waals surface area (Å²) in [5.74, 6) is 0.534. The maximum atomic E-state index is 12.3. The van der Waals surface area contributed by atoms with Gasteiger partial charge in [0.1, 0.15) is 0 Å². The number of carbonyl (C=O) groups is 1. The van der Waals surface area contributed by atoms with Crippen LogP contribution in [0.4, 0.5) is 0 Å². The fraction of sp³-hybridized carbons (Fsp3) is 0.800. The smallest absolute Gasteiger partial charge is 0.226 e. The molecule has 2 heterocycles. The average Bonchev–Trinajstić information content (AvgIpc) is 3.09. The Morgan fingerprint density at radius 2 is 2.00 bits per heavy atom. The van der Waals surface area contributed by atoms with Crippen molar-refractivity contribution >= 4 is 5.91 Å². The molecule has 0 N–H and O–H groups in total. The molecule has 4 nitrogen and oxygen atoms in total. The van der Waals surface area contributed by atoms with E-state index in [1.807, 2.05) is 4.90 Å². The van der Waals surface area contributed by atoms with E-state index < -0.39 is 0 Å². The third-order valence-electron chi connectivity index (χ3n) is 4.85. The van der Waals surface area contributed by atoms with E-state index in [1.54, 1.807) is 7.11 Å². The molecule has 106 valence electrons. The minimum atomic E-state index is -0.0224. The Hall–Kier alpha value is -0.870. The lowest BCUT2D eigenvalue weighted by atomic mass is 9.87. The van der Waals surface area contributed by atoms with Crippen molar-refractivity contribution in [3.63, 3.8) is 0 Å². The second-order valence-electron chi connectivity index (χ2n) is 6.02. The molecule has 1 aliphatic carbocycles. The maximum Gasteiger partial charge on any atom is 0.226 e. The monoisotopic (exact) mass is 265 g/mol. The van der Waals surface area contributed by atoms with Crippen LogP contribution in [0.5, 0.6) is 0 Å². The second-order valence-corrected chi connectivity index (χ2v) is 6.02. The molecule has 0 aromatic rings. The summed E-state index contributed by atoms with van der Waals surface area (Å²) in [6.07, 6.45) is 9.22. The molecule has 2 saturated heterocycles. The van der Waals surface area contributed by atoms with Crippen LogP contribution < -0.4 is 0 Å². The van der Waals surface area contributed by atoms with Crippen LogP contribution >= 0.6 is 0 Å². The van der Waals surface area contributed by atoms with E-state index in [0.29, 0.717) is 12.5 Å². The molecule has 3 aliphatic rings. The first-order valence-corrected chi connectivity index (χ1v) is 7.33. The highest BCUT2D eigenvalue weighted by Gasteiger charge is 2.44. The molecule has 2 aliphatic heterocycles. The zero-order valence-electron chi connectivity index (χ0n) is 11.6. The van der Waals surface area contributed by atoms with Crippen LogP contribution in [-0.2, 0) is 14.3 Å². The Bertz CT molecular complexity index is 364. The topological polar surface area (TPSA) is 38.8 Å². The van der Waals surface area contributed by atoms with Crippen molar-refractivity contribution < 1.29 is 14.3 Å². The third-order valence-corrected chi connectivity index (χ3v) is 4.85. The minimum Gasteiger partial charge on any atom is -0.379 e. The molecule has 1 atom stereocenters. The van der Waals surface area contributed by atoms with E-state index in [4.69, 9.17) is 9.47 Å². The van der Waals surface area contributed by atoms with Gasteiger partial charge in [0.15, 0.2) is 0 Å². The van der Waals surface area contributed by atoms with E-state index in [2.05, 4.69) is 12.2 Å². The number of rotatable bonds is 2. The van der Waals surface area contributed by atoms with Gasteiger partial charge >= 0.3 is 0 Å². The molecule has 2 fully saturated rings. The lowest BCUT2D eigenvalue weighted by Crippen LogP contribution is -2.48. The van der Waals surface area contributed by atoms with Gasteiger partial charge in [0.2, 0.25) is 5.91 Å². The molecular formula is C15H23NO3. The maximum absolute atomic E-state index is 12.3. The highest BCUT2D eigenvalue weighted by atomic mass is 16.6. The number of piperidine rings is 1. The molecule has 1 spiro atoms. The fourth-order valence-corrected chi connectivity index (χ4v) is 3.51. The van der Waals surface area contributed by atoms with E-state index in [-0.39, 0.29) is 17.6 Å². The van der Waals surface area contributed by atoms with Gasteiger partial charge in [-0.25, -0.2) is 0 Å². The number of nitrogens with zero attached hydrogens (tertiary/aromatic N) is 1. The Morgan fingerprint density at radius 3 is 2.58 bits per heavy atom. The van der Waals surface area contributed by atoms with Crippen LogP contribution in [0.25, 0.3) is 0 Å². The van der Waals surface area contributed by atoms with E-state index >= 15 is 0 Å². The van der Waals surface area contributed by atoms with Gasteiger partial charge in [-0.1, -0.05) is 12.2 Å². The molecule has 0 bridgehead atoms. The number of carbonyl (C=O) groups excluding carboxylic acids is 1. The van der Waals surface area contributed by atoms with Crippen molar-refractivity contribution in [2.45, 2.75) is 43.8 Å². The van der Waals surface area contributed by atoms with Crippen LogP contribution in [0.3, 0.4) is 0 Å².